The van der Waals surface area contributed by atoms with Gasteiger partial charge in [0.2, 0.25) is 0 Å². The molecule has 24 nitrogen and oxygen atoms in total. The third kappa shape index (κ3) is 15.0. The fourth-order valence-electron chi connectivity index (χ4n) is 7.40. The lowest BCUT2D eigenvalue weighted by atomic mass is 10.1. The number of nitro benzene ring substituents is 1. The molecule has 4 N–H and O–H groups in total. The Labute approximate surface area is 430 Å². The van der Waals surface area contributed by atoms with Crippen molar-refractivity contribution in [2.24, 2.45) is 0 Å². The summed E-state index contributed by atoms with van der Waals surface area (Å²) in [5.74, 6) is 2.23. The van der Waals surface area contributed by atoms with Gasteiger partial charge in [-0.1, -0.05) is 0 Å². The molecule has 8 rings (SSSR count). The Hall–Kier alpha value is -8.58. The quantitative estimate of drug-likeness (QED) is 0.0648. The number of amides is 1. The van der Waals surface area contributed by atoms with Crippen LogP contribution in [0.4, 0.5) is 22.9 Å². The zero-order valence-electron chi connectivity index (χ0n) is 40.5. The lowest BCUT2D eigenvalue weighted by Gasteiger charge is -2.41. The molecule has 0 radical (unpaired) electrons. The molecule has 3 aromatic heterocycles. The Balaban J connectivity index is 0.000000225. The maximum atomic E-state index is 13.3. The summed E-state index contributed by atoms with van der Waals surface area (Å²) in [7, 11) is 6.06. The number of carboxylic acid groups (broad SMARTS) is 1. The number of carbonyl (C=O) groups excluding carboxylic acids is 1. The fourth-order valence-corrected chi connectivity index (χ4v) is 7.40. The molecule has 2 aliphatic heterocycles. The van der Waals surface area contributed by atoms with Crippen LogP contribution in [0.2, 0.25) is 0 Å². The minimum Gasteiger partial charge on any atom is -0.497 e. The van der Waals surface area contributed by atoms with E-state index in [0.717, 1.165) is 24.5 Å². The van der Waals surface area contributed by atoms with E-state index in [9.17, 15) is 34.9 Å². The normalized spacial score (nSPS) is 14.8. The lowest BCUT2D eigenvalue weighted by molar-refractivity contribution is -0.389. The number of hydrogen-bond donors (Lipinski definition) is 4. The summed E-state index contributed by atoms with van der Waals surface area (Å²) in [4.78, 5) is 62.0. The van der Waals surface area contributed by atoms with Gasteiger partial charge >= 0.3 is 11.8 Å². The standard InChI is InChI=1S/C25H26N4O7.C14H13NO5.C10H14N4O3.ClH/c1-34-20-7-9-21(10-8-20)36-24-14-26-22(13-23(24)35-2)25(31)28-12-11-27(15-19(28)16-30)17-3-5-18(6-4-17)29(32)33;1-18-9-3-5-10(6-4-9)20-13-8-15-11(14(16)17)7-12(13)19-2;15-7-8-6-13(4-3-11-8)9-1-2-10(12-5-9)14(16)17;/h3-10,13-14,19,30H,11-12,15-16H2,1-2H3;3-8H,1-2H3,(H,16,17);1-2,5,8,11,15H,3-4,6-7H2;1H/t19-;;8-;/m1.1./s1. The summed E-state index contributed by atoms with van der Waals surface area (Å²) in [5.41, 5.74) is 1.69. The third-order valence-corrected chi connectivity index (χ3v) is 11.3. The monoisotopic (exact) mass is 1040 g/mol. The second kappa shape index (κ2) is 27.3. The Kier molecular flexibility index (Phi) is 20.8. The van der Waals surface area contributed by atoms with Gasteiger partial charge in [0.25, 0.3) is 11.6 Å². The van der Waals surface area contributed by atoms with Gasteiger partial charge in [0.15, 0.2) is 34.9 Å². The predicted octanol–water partition coefficient (Wildman–Crippen LogP) is 5.89. The summed E-state index contributed by atoms with van der Waals surface area (Å²) in [5, 5.41) is 52.5. The highest BCUT2D eigenvalue weighted by molar-refractivity contribution is 5.93. The van der Waals surface area contributed by atoms with Crippen LogP contribution in [0.15, 0.2) is 116 Å². The van der Waals surface area contributed by atoms with Gasteiger partial charge in [-0.05, 0) is 76.6 Å². The molecule has 2 saturated heterocycles. The van der Waals surface area contributed by atoms with Crippen molar-refractivity contribution in [1.82, 2.24) is 25.2 Å². The molecule has 0 saturated carbocycles. The van der Waals surface area contributed by atoms with Crippen molar-refractivity contribution in [3.63, 3.8) is 0 Å². The van der Waals surface area contributed by atoms with Crippen LogP contribution in [0.25, 0.3) is 0 Å². The van der Waals surface area contributed by atoms with Crippen molar-refractivity contribution < 1.29 is 63.2 Å². The molecule has 2 aliphatic rings. The molecular formula is C49H54ClN9O15. The van der Waals surface area contributed by atoms with Gasteiger partial charge in [-0.3, -0.25) is 14.9 Å². The van der Waals surface area contributed by atoms with Crippen LogP contribution in [-0.4, -0.2) is 150 Å². The number of non-ortho nitro benzene ring substituents is 1. The van der Waals surface area contributed by atoms with Crippen LogP contribution in [0.3, 0.4) is 0 Å². The topological polar surface area (TPSA) is 297 Å². The Bertz CT molecular complexity index is 2800. The number of methoxy groups -OCH3 is 4. The first-order valence-corrected chi connectivity index (χ1v) is 22.3. The van der Waals surface area contributed by atoms with Gasteiger partial charge in [0, 0.05) is 81.3 Å². The number of pyridine rings is 3. The molecule has 5 heterocycles. The molecule has 2 fully saturated rings. The zero-order chi connectivity index (χ0) is 52.4. The molecule has 74 heavy (non-hydrogen) atoms. The van der Waals surface area contributed by atoms with E-state index in [-0.39, 0.29) is 60.5 Å². The number of nitro groups is 2. The van der Waals surface area contributed by atoms with Gasteiger partial charge < -0.3 is 73.9 Å². The van der Waals surface area contributed by atoms with Crippen LogP contribution >= 0.6 is 12.4 Å². The van der Waals surface area contributed by atoms with Crippen molar-refractivity contribution in [3.05, 3.63) is 147 Å². The summed E-state index contributed by atoms with van der Waals surface area (Å²) < 4.78 is 32.2. The van der Waals surface area contributed by atoms with E-state index in [1.807, 2.05) is 9.80 Å². The number of aliphatic hydroxyl groups is 2. The average Bonchev–Trinajstić information content (AvgIpc) is 3.43. The largest absolute Gasteiger partial charge is 0.497 e. The molecule has 392 valence electrons. The zero-order valence-corrected chi connectivity index (χ0v) is 41.3. The molecule has 0 spiro atoms. The number of ether oxygens (including phenoxy) is 6. The number of aliphatic hydroxyl groups excluding tert-OH is 2. The lowest BCUT2D eigenvalue weighted by Crippen LogP contribution is -2.56. The molecule has 0 unspecified atom stereocenters. The number of piperazine rings is 2. The summed E-state index contributed by atoms with van der Waals surface area (Å²) >= 11 is 0. The average molecular weight is 1040 g/mol. The summed E-state index contributed by atoms with van der Waals surface area (Å²) in [6.07, 6.45) is 4.24. The molecule has 25 heteroatoms. The fraction of sp³-hybridized carbons (Fsp3) is 0.286. The van der Waals surface area contributed by atoms with Crippen molar-refractivity contribution in [2.75, 3.05) is 90.7 Å². The van der Waals surface area contributed by atoms with Crippen molar-refractivity contribution in [2.45, 2.75) is 12.1 Å². The van der Waals surface area contributed by atoms with Gasteiger partial charge in [0.05, 0.1) is 70.7 Å². The van der Waals surface area contributed by atoms with Crippen LogP contribution in [0.5, 0.6) is 46.0 Å². The van der Waals surface area contributed by atoms with Gasteiger partial charge in [-0.2, -0.15) is 0 Å². The van der Waals surface area contributed by atoms with E-state index in [1.54, 1.807) is 85.8 Å². The maximum Gasteiger partial charge on any atom is 0.363 e. The smallest absolute Gasteiger partial charge is 0.363 e. The third-order valence-electron chi connectivity index (χ3n) is 11.3. The van der Waals surface area contributed by atoms with E-state index in [1.165, 1.54) is 63.1 Å². The first kappa shape index (κ1) is 56.3. The number of aromatic carboxylic acids is 1. The summed E-state index contributed by atoms with van der Waals surface area (Å²) in [6, 6.07) is 25.6. The first-order chi connectivity index (χ1) is 35.3. The highest BCUT2D eigenvalue weighted by Crippen LogP contribution is 2.34. The molecular weight excluding hydrogens is 990 g/mol. The molecule has 6 aromatic rings. The molecule has 0 bridgehead atoms. The second-order valence-corrected chi connectivity index (χ2v) is 15.8. The highest BCUT2D eigenvalue weighted by atomic mass is 35.5. The molecule has 2 atom stereocenters. The number of carboxylic acids is 1. The Morgan fingerprint density at radius 2 is 1.15 bits per heavy atom. The minimum absolute atomic E-state index is 0. The molecule has 3 aromatic carbocycles. The number of halogens is 1. The van der Waals surface area contributed by atoms with Crippen LogP contribution < -0.4 is 43.5 Å². The highest BCUT2D eigenvalue weighted by Gasteiger charge is 2.32. The number of nitrogens with one attached hydrogen (secondary N) is 1. The van der Waals surface area contributed by atoms with Crippen molar-refractivity contribution in [3.8, 4) is 46.0 Å². The number of anilines is 2. The van der Waals surface area contributed by atoms with E-state index < -0.39 is 21.9 Å². The van der Waals surface area contributed by atoms with Crippen molar-refractivity contribution >= 4 is 47.2 Å². The van der Waals surface area contributed by atoms with E-state index in [0.29, 0.717) is 72.2 Å². The van der Waals surface area contributed by atoms with Gasteiger partial charge in [-0.25, -0.2) is 14.8 Å². The Morgan fingerprint density at radius 3 is 1.62 bits per heavy atom. The maximum absolute atomic E-state index is 13.3. The molecule has 1 amide bonds. The summed E-state index contributed by atoms with van der Waals surface area (Å²) in [6.45, 7) is 3.30. The first-order valence-electron chi connectivity index (χ1n) is 22.3. The van der Waals surface area contributed by atoms with E-state index >= 15 is 0 Å². The number of rotatable bonds is 16. The van der Waals surface area contributed by atoms with E-state index in [2.05, 4.69) is 20.3 Å². The molecule has 0 aliphatic carbocycles. The number of aromatic nitrogens is 3. The van der Waals surface area contributed by atoms with Crippen LogP contribution in [0.1, 0.15) is 21.0 Å². The van der Waals surface area contributed by atoms with E-state index in [4.69, 9.17) is 38.6 Å². The number of nitrogens with zero attached hydrogens (tertiary/aromatic N) is 8. The number of benzene rings is 3. The Morgan fingerprint density at radius 1 is 0.622 bits per heavy atom. The SMILES string of the molecule is COc1ccc(Oc2cnc(C(=O)N3CCN(c4ccc([N+](=O)[O-])cc4)C[C@@H]3CO)cc2OC)cc1.COc1ccc(Oc2cnc(C(=O)O)cc2OC)cc1.Cl.O=[N+]([O-])c1ccc(N2CCN[C@@H](CO)C2)cn1. The van der Waals surface area contributed by atoms with Gasteiger partial charge in [0.1, 0.15) is 28.7 Å². The van der Waals surface area contributed by atoms with Crippen LogP contribution in [0, 0.1) is 20.2 Å². The van der Waals surface area contributed by atoms with Gasteiger partial charge in [-0.15, -0.1) is 12.4 Å². The van der Waals surface area contributed by atoms with Crippen molar-refractivity contribution in [1.29, 1.82) is 0 Å². The second-order valence-electron chi connectivity index (χ2n) is 15.8. The number of carbonyl (C=O) groups is 2. The minimum atomic E-state index is -1.13. The predicted molar refractivity (Wildman–Crippen MR) is 271 cm³/mol. The number of hydrogen-bond acceptors (Lipinski definition) is 20. The van der Waals surface area contributed by atoms with Crippen LogP contribution in [-0.2, 0) is 0 Å².